The SMILES string of the molecule is COc1ccccc1-c1csc(C2CCN(c3cncc(Br)c3)CC2)n1. The lowest BCUT2D eigenvalue weighted by molar-refractivity contribution is 0.416. The lowest BCUT2D eigenvalue weighted by Crippen LogP contribution is -2.32. The Labute approximate surface area is 166 Å². The molecule has 1 saturated heterocycles. The van der Waals surface area contributed by atoms with Crippen molar-refractivity contribution in [2.45, 2.75) is 18.8 Å². The van der Waals surface area contributed by atoms with Crippen LogP contribution in [0.2, 0.25) is 0 Å². The predicted molar refractivity (Wildman–Crippen MR) is 110 cm³/mol. The van der Waals surface area contributed by atoms with Crippen molar-refractivity contribution < 1.29 is 4.74 Å². The second kappa shape index (κ2) is 7.76. The fraction of sp³-hybridized carbons (Fsp3) is 0.300. The molecule has 26 heavy (non-hydrogen) atoms. The van der Waals surface area contributed by atoms with Gasteiger partial charge in [-0.05, 0) is 47.0 Å². The van der Waals surface area contributed by atoms with E-state index in [0.717, 1.165) is 47.4 Å². The molecule has 2 aromatic heterocycles. The van der Waals surface area contributed by atoms with E-state index < -0.39 is 0 Å². The first-order valence-electron chi connectivity index (χ1n) is 8.69. The number of piperidine rings is 1. The van der Waals surface area contributed by atoms with E-state index in [9.17, 15) is 0 Å². The summed E-state index contributed by atoms with van der Waals surface area (Å²) in [6.45, 7) is 2.07. The third-order valence-corrected chi connectivity index (χ3v) is 6.25. The van der Waals surface area contributed by atoms with E-state index in [1.165, 1.54) is 10.7 Å². The van der Waals surface area contributed by atoms with Gasteiger partial charge in [0.1, 0.15) is 5.75 Å². The first-order valence-corrected chi connectivity index (χ1v) is 10.4. The number of rotatable bonds is 4. The predicted octanol–water partition coefficient (Wildman–Crippen LogP) is 5.36. The smallest absolute Gasteiger partial charge is 0.128 e. The van der Waals surface area contributed by atoms with Crippen molar-refractivity contribution in [1.29, 1.82) is 0 Å². The van der Waals surface area contributed by atoms with Gasteiger partial charge in [-0.1, -0.05) is 12.1 Å². The Hall–Kier alpha value is -1.92. The van der Waals surface area contributed by atoms with Crippen LogP contribution in [0.3, 0.4) is 0 Å². The first kappa shape index (κ1) is 17.5. The Morgan fingerprint density at radius 1 is 1.19 bits per heavy atom. The van der Waals surface area contributed by atoms with Gasteiger partial charge in [0.2, 0.25) is 0 Å². The van der Waals surface area contributed by atoms with Crippen molar-refractivity contribution in [1.82, 2.24) is 9.97 Å². The van der Waals surface area contributed by atoms with Crippen molar-refractivity contribution in [3.05, 3.63) is 57.6 Å². The summed E-state index contributed by atoms with van der Waals surface area (Å²) in [4.78, 5) is 11.6. The van der Waals surface area contributed by atoms with E-state index in [4.69, 9.17) is 9.72 Å². The number of ether oxygens (including phenoxy) is 1. The van der Waals surface area contributed by atoms with Gasteiger partial charge in [0.25, 0.3) is 0 Å². The van der Waals surface area contributed by atoms with Gasteiger partial charge >= 0.3 is 0 Å². The number of hydrogen-bond donors (Lipinski definition) is 0. The molecule has 1 fully saturated rings. The van der Waals surface area contributed by atoms with Crippen LogP contribution in [0.1, 0.15) is 23.8 Å². The summed E-state index contributed by atoms with van der Waals surface area (Å²) in [5.74, 6) is 1.40. The molecule has 0 amide bonds. The van der Waals surface area contributed by atoms with Crippen LogP contribution in [0, 0.1) is 0 Å². The number of thiazole rings is 1. The van der Waals surface area contributed by atoms with Crippen LogP contribution in [0.4, 0.5) is 5.69 Å². The van der Waals surface area contributed by atoms with E-state index in [1.807, 2.05) is 30.6 Å². The molecular weight excluding hydrogens is 410 g/mol. The van der Waals surface area contributed by atoms with E-state index >= 15 is 0 Å². The van der Waals surface area contributed by atoms with E-state index in [2.05, 4.69) is 43.3 Å². The fourth-order valence-electron chi connectivity index (χ4n) is 3.41. The fourth-order valence-corrected chi connectivity index (χ4v) is 4.76. The molecule has 6 heteroatoms. The molecule has 1 aliphatic heterocycles. The van der Waals surface area contributed by atoms with E-state index in [0.29, 0.717) is 5.92 Å². The Kier molecular flexibility index (Phi) is 5.22. The number of nitrogens with zero attached hydrogens (tertiary/aromatic N) is 3. The van der Waals surface area contributed by atoms with Crippen LogP contribution in [0.15, 0.2) is 52.6 Å². The van der Waals surface area contributed by atoms with Crippen LogP contribution in [0.5, 0.6) is 5.75 Å². The average molecular weight is 430 g/mol. The molecule has 0 saturated carbocycles. The molecule has 0 atom stereocenters. The highest BCUT2D eigenvalue weighted by Crippen LogP contribution is 2.36. The minimum Gasteiger partial charge on any atom is -0.496 e. The molecule has 134 valence electrons. The monoisotopic (exact) mass is 429 g/mol. The summed E-state index contributed by atoms with van der Waals surface area (Å²) in [5.41, 5.74) is 3.27. The third-order valence-electron chi connectivity index (χ3n) is 4.80. The highest BCUT2D eigenvalue weighted by Gasteiger charge is 2.24. The van der Waals surface area contributed by atoms with Gasteiger partial charge in [0.05, 0.1) is 29.7 Å². The summed E-state index contributed by atoms with van der Waals surface area (Å²) in [5, 5.41) is 3.38. The Morgan fingerprint density at radius 2 is 2.00 bits per heavy atom. The topological polar surface area (TPSA) is 38.2 Å². The number of hydrogen-bond acceptors (Lipinski definition) is 5. The number of halogens is 1. The van der Waals surface area contributed by atoms with Crippen LogP contribution in [0.25, 0.3) is 11.3 Å². The zero-order chi connectivity index (χ0) is 17.9. The summed E-state index contributed by atoms with van der Waals surface area (Å²) in [6, 6.07) is 10.2. The van der Waals surface area contributed by atoms with Gasteiger partial charge in [-0.25, -0.2) is 4.98 Å². The Bertz CT molecular complexity index is 890. The molecule has 1 aromatic carbocycles. The molecule has 0 bridgehead atoms. The molecule has 0 spiro atoms. The van der Waals surface area contributed by atoms with Crippen molar-refractivity contribution >= 4 is 33.0 Å². The number of methoxy groups -OCH3 is 1. The van der Waals surface area contributed by atoms with Crippen LogP contribution in [-0.2, 0) is 0 Å². The molecule has 0 aliphatic carbocycles. The van der Waals surface area contributed by atoms with Crippen molar-refractivity contribution in [2.75, 3.05) is 25.1 Å². The normalized spacial score (nSPS) is 15.2. The van der Waals surface area contributed by atoms with Crippen LogP contribution < -0.4 is 9.64 Å². The molecule has 0 radical (unpaired) electrons. The second-order valence-electron chi connectivity index (χ2n) is 6.39. The highest BCUT2D eigenvalue weighted by molar-refractivity contribution is 9.10. The summed E-state index contributed by atoms with van der Waals surface area (Å²) in [7, 11) is 1.71. The summed E-state index contributed by atoms with van der Waals surface area (Å²) >= 11 is 5.27. The number of pyridine rings is 1. The number of aromatic nitrogens is 2. The second-order valence-corrected chi connectivity index (χ2v) is 8.20. The standard InChI is InChI=1S/C20H20BrN3OS/c1-25-19-5-3-2-4-17(19)18-13-26-20(23-18)14-6-8-24(9-7-14)16-10-15(21)11-22-12-16/h2-5,10-14H,6-9H2,1H3. The summed E-state index contributed by atoms with van der Waals surface area (Å²) in [6.07, 6.45) is 6.00. The van der Waals surface area contributed by atoms with Gasteiger partial charge in [-0.15, -0.1) is 11.3 Å². The Morgan fingerprint density at radius 3 is 2.77 bits per heavy atom. The maximum absolute atomic E-state index is 5.48. The number of para-hydroxylation sites is 1. The van der Waals surface area contributed by atoms with Gasteiger partial charge in [-0.2, -0.15) is 0 Å². The highest BCUT2D eigenvalue weighted by atomic mass is 79.9. The molecular formula is C20H20BrN3OS. The third kappa shape index (κ3) is 3.62. The molecule has 0 N–H and O–H groups in total. The molecule has 3 heterocycles. The van der Waals surface area contributed by atoms with E-state index in [1.54, 1.807) is 18.4 Å². The van der Waals surface area contributed by atoms with Gasteiger partial charge < -0.3 is 9.64 Å². The Balaban J connectivity index is 1.46. The van der Waals surface area contributed by atoms with Gasteiger partial charge in [-0.3, -0.25) is 4.98 Å². The first-order chi connectivity index (χ1) is 12.7. The number of benzene rings is 1. The maximum Gasteiger partial charge on any atom is 0.128 e. The zero-order valence-electron chi connectivity index (χ0n) is 14.6. The minimum atomic E-state index is 0.528. The quantitative estimate of drug-likeness (QED) is 0.559. The molecule has 4 nitrogen and oxygen atoms in total. The maximum atomic E-state index is 5.48. The van der Waals surface area contributed by atoms with Gasteiger partial charge in [0, 0.05) is 40.6 Å². The van der Waals surface area contributed by atoms with Crippen LogP contribution >= 0.6 is 27.3 Å². The number of anilines is 1. The van der Waals surface area contributed by atoms with Crippen molar-refractivity contribution in [2.24, 2.45) is 0 Å². The molecule has 3 aromatic rings. The zero-order valence-corrected chi connectivity index (χ0v) is 17.0. The van der Waals surface area contributed by atoms with Crippen LogP contribution in [-0.4, -0.2) is 30.2 Å². The van der Waals surface area contributed by atoms with Crippen molar-refractivity contribution in [3.8, 4) is 17.0 Å². The molecule has 0 unspecified atom stereocenters. The molecule has 1 aliphatic rings. The van der Waals surface area contributed by atoms with E-state index in [-0.39, 0.29) is 0 Å². The molecule has 4 rings (SSSR count). The summed E-state index contributed by atoms with van der Waals surface area (Å²) < 4.78 is 6.50. The lowest BCUT2D eigenvalue weighted by Gasteiger charge is -2.32. The average Bonchev–Trinajstić information content (AvgIpc) is 3.18. The largest absolute Gasteiger partial charge is 0.496 e. The lowest BCUT2D eigenvalue weighted by atomic mass is 9.97. The van der Waals surface area contributed by atoms with Crippen molar-refractivity contribution in [3.63, 3.8) is 0 Å². The minimum absolute atomic E-state index is 0.528. The van der Waals surface area contributed by atoms with Gasteiger partial charge in [0.15, 0.2) is 0 Å².